The molecular weight excluding hydrogens is 176 g/mol. The Morgan fingerprint density at radius 3 is 2.93 bits per heavy atom. The van der Waals surface area contributed by atoms with Gasteiger partial charge >= 0.3 is 0 Å². The zero-order valence-electron chi connectivity index (χ0n) is 8.16. The summed E-state index contributed by atoms with van der Waals surface area (Å²) in [6.07, 6.45) is 2.42. The monoisotopic (exact) mass is 192 g/mol. The van der Waals surface area contributed by atoms with Crippen molar-refractivity contribution in [3.05, 3.63) is 23.8 Å². The number of nitrogen functional groups attached to an aromatic ring is 1. The number of nitrogens with one attached hydrogen (secondary N) is 1. The molecule has 1 aromatic carbocycles. The lowest BCUT2D eigenvalue weighted by molar-refractivity contribution is 0.458. The van der Waals surface area contributed by atoms with Crippen molar-refractivity contribution in [1.29, 1.82) is 0 Å². The Labute approximate surface area is 83.9 Å². The fourth-order valence-corrected chi connectivity index (χ4v) is 1.96. The van der Waals surface area contributed by atoms with Gasteiger partial charge in [-0.05, 0) is 43.0 Å². The maximum Gasteiger partial charge on any atom is 0.138 e. The summed E-state index contributed by atoms with van der Waals surface area (Å²) in [5.74, 6) is 0.726. The Kier molecular flexibility index (Phi) is 2.59. The molecule has 0 amide bonds. The van der Waals surface area contributed by atoms with Crippen molar-refractivity contribution < 1.29 is 5.11 Å². The van der Waals surface area contributed by atoms with Crippen molar-refractivity contribution in [3.63, 3.8) is 0 Å². The summed E-state index contributed by atoms with van der Waals surface area (Å²) in [6, 6.07) is 5.52. The van der Waals surface area contributed by atoms with Crippen LogP contribution in [0.2, 0.25) is 0 Å². The highest BCUT2D eigenvalue weighted by molar-refractivity contribution is 5.53. The molecule has 0 radical (unpaired) electrons. The summed E-state index contributed by atoms with van der Waals surface area (Å²) in [5.41, 5.74) is 7.37. The van der Waals surface area contributed by atoms with E-state index < -0.39 is 0 Å². The zero-order valence-corrected chi connectivity index (χ0v) is 8.16. The van der Waals surface area contributed by atoms with Gasteiger partial charge in [-0.1, -0.05) is 6.07 Å². The standard InChI is InChI=1S/C11H16N2O/c12-10-6-8(3-4-11(10)14)9-2-1-5-13-7-9/h3-4,6,9,13-14H,1-2,5,7,12H2/t9-/m1/s1. The Bertz CT molecular complexity index is 319. The minimum Gasteiger partial charge on any atom is -0.506 e. The molecule has 0 saturated carbocycles. The second-order valence-electron chi connectivity index (χ2n) is 3.86. The van der Waals surface area contributed by atoms with E-state index in [-0.39, 0.29) is 5.75 Å². The second-order valence-corrected chi connectivity index (χ2v) is 3.86. The summed E-state index contributed by atoms with van der Waals surface area (Å²) in [7, 11) is 0. The molecule has 1 aliphatic heterocycles. The molecule has 76 valence electrons. The number of phenols is 1. The third kappa shape index (κ3) is 1.82. The van der Waals surface area contributed by atoms with Crippen LogP contribution >= 0.6 is 0 Å². The first kappa shape index (κ1) is 9.34. The van der Waals surface area contributed by atoms with Gasteiger partial charge in [0.15, 0.2) is 0 Å². The van der Waals surface area contributed by atoms with E-state index in [4.69, 9.17) is 5.73 Å². The Morgan fingerprint density at radius 1 is 1.43 bits per heavy atom. The van der Waals surface area contributed by atoms with Gasteiger partial charge in [0, 0.05) is 6.54 Å². The minimum atomic E-state index is 0.178. The fraction of sp³-hybridized carbons (Fsp3) is 0.455. The van der Waals surface area contributed by atoms with Gasteiger partial charge in [-0.3, -0.25) is 0 Å². The Balaban J connectivity index is 2.18. The molecule has 1 aliphatic rings. The number of hydrogen-bond acceptors (Lipinski definition) is 3. The van der Waals surface area contributed by atoms with Crippen LogP contribution < -0.4 is 11.1 Å². The van der Waals surface area contributed by atoms with Crippen LogP contribution in [0.25, 0.3) is 0 Å². The average molecular weight is 192 g/mol. The zero-order chi connectivity index (χ0) is 9.97. The molecule has 3 nitrogen and oxygen atoms in total. The number of nitrogens with two attached hydrogens (primary N) is 1. The van der Waals surface area contributed by atoms with E-state index in [2.05, 4.69) is 5.32 Å². The quantitative estimate of drug-likeness (QED) is 0.466. The molecule has 0 unspecified atom stereocenters. The lowest BCUT2D eigenvalue weighted by atomic mass is 9.91. The van der Waals surface area contributed by atoms with Crippen LogP contribution in [0.15, 0.2) is 18.2 Å². The van der Waals surface area contributed by atoms with Crippen molar-refractivity contribution in [2.45, 2.75) is 18.8 Å². The van der Waals surface area contributed by atoms with E-state index in [9.17, 15) is 5.11 Å². The summed E-state index contributed by atoms with van der Waals surface area (Å²) in [4.78, 5) is 0. The van der Waals surface area contributed by atoms with Crippen molar-refractivity contribution in [3.8, 4) is 5.75 Å². The van der Waals surface area contributed by atoms with Gasteiger partial charge in [-0.15, -0.1) is 0 Å². The number of rotatable bonds is 1. The highest BCUT2D eigenvalue weighted by Gasteiger charge is 2.15. The van der Waals surface area contributed by atoms with Crippen LogP contribution in [0, 0.1) is 0 Å². The molecule has 1 fully saturated rings. The Hall–Kier alpha value is -1.22. The van der Waals surface area contributed by atoms with Crippen LogP contribution in [0.5, 0.6) is 5.75 Å². The molecule has 0 aliphatic carbocycles. The maximum atomic E-state index is 9.30. The maximum absolute atomic E-state index is 9.30. The smallest absolute Gasteiger partial charge is 0.138 e. The van der Waals surface area contributed by atoms with E-state index >= 15 is 0 Å². The molecule has 1 saturated heterocycles. The molecule has 4 N–H and O–H groups in total. The summed E-state index contributed by atoms with van der Waals surface area (Å²) < 4.78 is 0. The van der Waals surface area contributed by atoms with E-state index in [1.54, 1.807) is 6.07 Å². The van der Waals surface area contributed by atoms with Crippen molar-refractivity contribution >= 4 is 5.69 Å². The van der Waals surface area contributed by atoms with Gasteiger partial charge in [-0.25, -0.2) is 0 Å². The third-order valence-electron chi connectivity index (χ3n) is 2.82. The largest absolute Gasteiger partial charge is 0.506 e. The molecule has 3 heteroatoms. The molecule has 0 bridgehead atoms. The molecule has 1 heterocycles. The second kappa shape index (κ2) is 3.88. The summed E-state index contributed by atoms with van der Waals surface area (Å²) >= 11 is 0. The third-order valence-corrected chi connectivity index (χ3v) is 2.82. The molecule has 2 rings (SSSR count). The van der Waals surface area contributed by atoms with Crippen molar-refractivity contribution in [1.82, 2.24) is 5.32 Å². The topological polar surface area (TPSA) is 58.3 Å². The van der Waals surface area contributed by atoms with Crippen LogP contribution in [0.1, 0.15) is 24.3 Å². The molecule has 14 heavy (non-hydrogen) atoms. The molecule has 0 spiro atoms. The molecule has 1 aromatic rings. The van der Waals surface area contributed by atoms with E-state index in [1.807, 2.05) is 12.1 Å². The average Bonchev–Trinajstić information content (AvgIpc) is 2.23. The fourth-order valence-electron chi connectivity index (χ4n) is 1.96. The van der Waals surface area contributed by atoms with Crippen LogP contribution in [0.4, 0.5) is 5.69 Å². The minimum absolute atomic E-state index is 0.178. The van der Waals surface area contributed by atoms with Crippen LogP contribution in [-0.2, 0) is 0 Å². The first-order valence-corrected chi connectivity index (χ1v) is 5.06. The first-order chi connectivity index (χ1) is 6.77. The van der Waals surface area contributed by atoms with Crippen molar-refractivity contribution in [2.24, 2.45) is 0 Å². The Morgan fingerprint density at radius 2 is 2.29 bits per heavy atom. The highest BCUT2D eigenvalue weighted by Crippen LogP contribution is 2.28. The lowest BCUT2D eigenvalue weighted by Gasteiger charge is -2.23. The molecular formula is C11H16N2O. The summed E-state index contributed by atoms with van der Waals surface area (Å²) in [6.45, 7) is 2.13. The predicted molar refractivity (Wildman–Crippen MR) is 57.4 cm³/mol. The van der Waals surface area contributed by atoms with Gasteiger partial charge < -0.3 is 16.2 Å². The number of piperidine rings is 1. The van der Waals surface area contributed by atoms with E-state index in [0.29, 0.717) is 11.6 Å². The van der Waals surface area contributed by atoms with E-state index in [1.165, 1.54) is 18.4 Å². The number of phenolic OH excluding ortho intramolecular Hbond substituents is 1. The number of hydrogen-bond donors (Lipinski definition) is 3. The first-order valence-electron chi connectivity index (χ1n) is 5.06. The van der Waals surface area contributed by atoms with Gasteiger partial charge in [0.05, 0.1) is 5.69 Å². The van der Waals surface area contributed by atoms with Gasteiger partial charge in [0.2, 0.25) is 0 Å². The summed E-state index contributed by atoms with van der Waals surface area (Å²) in [5, 5.41) is 12.7. The normalized spacial score (nSPS) is 22.1. The van der Waals surface area contributed by atoms with E-state index in [0.717, 1.165) is 13.1 Å². The number of anilines is 1. The predicted octanol–water partition coefficient (Wildman–Crippen LogP) is 1.44. The lowest BCUT2D eigenvalue weighted by Crippen LogP contribution is -2.28. The van der Waals surface area contributed by atoms with Crippen LogP contribution in [0.3, 0.4) is 0 Å². The van der Waals surface area contributed by atoms with Crippen molar-refractivity contribution in [2.75, 3.05) is 18.8 Å². The highest BCUT2D eigenvalue weighted by atomic mass is 16.3. The SMILES string of the molecule is Nc1cc([C@@H]2CCCNC2)ccc1O. The number of aromatic hydroxyl groups is 1. The van der Waals surface area contributed by atoms with Gasteiger partial charge in [0.1, 0.15) is 5.75 Å². The van der Waals surface area contributed by atoms with Gasteiger partial charge in [0.25, 0.3) is 0 Å². The molecule has 0 aromatic heterocycles. The van der Waals surface area contributed by atoms with Crippen LogP contribution in [-0.4, -0.2) is 18.2 Å². The molecule has 1 atom stereocenters. The van der Waals surface area contributed by atoms with Gasteiger partial charge in [-0.2, -0.15) is 0 Å². The number of benzene rings is 1.